The average Bonchev–Trinajstić information content (AvgIpc) is 2.93. The fourth-order valence-electron chi connectivity index (χ4n) is 1.94. The molecule has 0 aliphatic rings. The molecule has 1 aromatic heterocycles. The maximum atomic E-state index is 12.2. The second-order valence-corrected chi connectivity index (χ2v) is 6.31. The summed E-state index contributed by atoms with van der Waals surface area (Å²) in [5.41, 5.74) is 1.61. The Morgan fingerprint density at radius 2 is 2.00 bits per heavy atom. The van der Waals surface area contributed by atoms with E-state index in [0.717, 1.165) is 10.6 Å². The second-order valence-electron chi connectivity index (χ2n) is 4.88. The van der Waals surface area contributed by atoms with E-state index in [9.17, 15) is 9.59 Å². The SMILES string of the molecule is COC(=O)CCCNC(=O)c1sc(-c2ccc(Cl)cc2)nc1C. The maximum Gasteiger partial charge on any atom is 0.305 e. The number of hydrogen-bond donors (Lipinski definition) is 1. The molecule has 0 fully saturated rings. The van der Waals surface area contributed by atoms with Gasteiger partial charge in [-0.1, -0.05) is 23.7 Å². The highest BCUT2D eigenvalue weighted by Gasteiger charge is 2.16. The van der Waals surface area contributed by atoms with E-state index in [1.807, 2.05) is 12.1 Å². The lowest BCUT2D eigenvalue weighted by atomic mass is 10.2. The van der Waals surface area contributed by atoms with Crippen molar-refractivity contribution in [2.45, 2.75) is 19.8 Å². The van der Waals surface area contributed by atoms with Gasteiger partial charge >= 0.3 is 5.97 Å². The quantitative estimate of drug-likeness (QED) is 0.638. The van der Waals surface area contributed by atoms with Gasteiger partial charge in [-0.15, -0.1) is 11.3 Å². The number of aromatic nitrogens is 1. The average molecular weight is 353 g/mol. The molecule has 23 heavy (non-hydrogen) atoms. The zero-order valence-electron chi connectivity index (χ0n) is 12.9. The molecule has 0 saturated carbocycles. The second kappa shape index (κ2) is 8.08. The van der Waals surface area contributed by atoms with Crippen LogP contribution in [0.25, 0.3) is 10.6 Å². The number of thiazole rings is 1. The van der Waals surface area contributed by atoms with E-state index < -0.39 is 0 Å². The van der Waals surface area contributed by atoms with Crippen molar-refractivity contribution in [3.05, 3.63) is 39.9 Å². The lowest BCUT2D eigenvalue weighted by Crippen LogP contribution is -2.24. The molecular weight excluding hydrogens is 336 g/mol. The van der Waals surface area contributed by atoms with Crippen LogP contribution in [-0.4, -0.2) is 30.5 Å². The van der Waals surface area contributed by atoms with Gasteiger partial charge in [-0.2, -0.15) is 0 Å². The first-order chi connectivity index (χ1) is 11.0. The van der Waals surface area contributed by atoms with E-state index in [0.29, 0.717) is 28.6 Å². The summed E-state index contributed by atoms with van der Waals surface area (Å²) in [4.78, 5) is 28.2. The number of hydrogen-bond acceptors (Lipinski definition) is 5. The molecule has 2 aromatic rings. The number of aryl methyl sites for hydroxylation is 1. The van der Waals surface area contributed by atoms with Crippen molar-refractivity contribution in [2.24, 2.45) is 0 Å². The van der Waals surface area contributed by atoms with E-state index in [-0.39, 0.29) is 18.3 Å². The van der Waals surface area contributed by atoms with Crippen LogP contribution >= 0.6 is 22.9 Å². The minimum Gasteiger partial charge on any atom is -0.469 e. The van der Waals surface area contributed by atoms with Crippen molar-refractivity contribution in [1.82, 2.24) is 10.3 Å². The predicted molar refractivity (Wildman–Crippen MR) is 90.9 cm³/mol. The lowest BCUT2D eigenvalue weighted by Gasteiger charge is -2.03. The number of carbonyl (C=O) groups excluding carboxylic acids is 2. The summed E-state index contributed by atoms with van der Waals surface area (Å²) in [7, 11) is 1.35. The van der Waals surface area contributed by atoms with Crippen LogP contribution in [0.1, 0.15) is 28.2 Å². The van der Waals surface area contributed by atoms with Gasteiger partial charge in [0, 0.05) is 23.6 Å². The minimum absolute atomic E-state index is 0.176. The molecule has 2 rings (SSSR count). The van der Waals surface area contributed by atoms with Crippen molar-refractivity contribution in [3.8, 4) is 10.6 Å². The summed E-state index contributed by atoms with van der Waals surface area (Å²) < 4.78 is 4.55. The molecular formula is C16H17ClN2O3S. The normalized spacial score (nSPS) is 10.4. The van der Waals surface area contributed by atoms with Gasteiger partial charge < -0.3 is 10.1 Å². The van der Waals surface area contributed by atoms with E-state index in [1.165, 1.54) is 18.4 Å². The number of rotatable bonds is 6. The predicted octanol–water partition coefficient (Wildman–Crippen LogP) is 3.45. The molecule has 0 saturated heterocycles. The van der Waals surface area contributed by atoms with Gasteiger partial charge in [0.1, 0.15) is 9.88 Å². The first-order valence-electron chi connectivity index (χ1n) is 7.09. The lowest BCUT2D eigenvalue weighted by molar-refractivity contribution is -0.140. The highest BCUT2D eigenvalue weighted by Crippen LogP contribution is 2.28. The third-order valence-electron chi connectivity index (χ3n) is 3.16. The number of nitrogens with one attached hydrogen (secondary N) is 1. The zero-order valence-corrected chi connectivity index (χ0v) is 14.5. The molecule has 1 aromatic carbocycles. The molecule has 1 N–H and O–H groups in total. The van der Waals surface area contributed by atoms with Crippen molar-refractivity contribution < 1.29 is 14.3 Å². The monoisotopic (exact) mass is 352 g/mol. The van der Waals surface area contributed by atoms with Crippen LogP contribution in [0.4, 0.5) is 0 Å². The molecule has 0 aliphatic carbocycles. The first kappa shape index (κ1) is 17.4. The van der Waals surface area contributed by atoms with Crippen molar-refractivity contribution in [2.75, 3.05) is 13.7 Å². The number of methoxy groups -OCH3 is 1. The molecule has 1 amide bonds. The molecule has 0 atom stereocenters. The van der Waals surface area contributed by atoms with E-state index >= 15 is 0 Å². The molecule has 0 unspecified atom stereocenters. The Morgan fingerprint density at radius 1 is 1.30 bits per heavy atom. The van der Waals surface area contributed by atoms with Crippen LogP contribution in [0.2, 0.25) is 5.02 Å². The molecule has 0 aliphatic heterocycles. The number of amides is 1. The Morgan fingerprint density at radius 3 is 2.65 bits per heavy atom. The Hall–Kier alpha value is -1.92. The van der Waals surface area contributed by atoms with Crippen molar-refractivity contribution in [3.63, 3.8) is 0 Å². The number of carbonyl (C=O) groups is 2. The van der Waals surface area contributed by atoms with E-state index in [2.05, 4.69) is 15.0 Å². The Bertz CT molecular complexity index is 698. The molecule has 7 heteroatoms. The summed E-state index contributed by atoms with van der Waals surface area (Å²) in [6, 6.07) is 7.33. The zero-order chi connectivity index (χ0) is 16.8. The Kier molecular flexibility index (Phi) is 6.12. The van der Waals surface area contributed by atoms with Crippen LogP contribution in [0, 0.1) is 6.92 Å². The van der Waals surface area contributed by atoms with Gasteiger partial charge in [0.2, 0.25) is 0 Å². The standard InChI is InChI=1S/C16H17ClN2O3S/c1-10-14(15(21)18-9-3-4-13(20)22-2)23-16(19-10)11-5-7-12(17)8-6-11/h5-8H,3-4,9H2,1-2H3,(H,18,21). The summed E-state index contributed by atoms with van der Waals surface area (Å²) in [6.07, 6.45) is 0.828. The highest BCUT2D eigenvalue weighted by molar-refractivity contribution is 7.17. The summed E-state index contributed by atoms with van der Waals surface area (Å²) in [5, 5.41) is 4.23. The summed E-state index contributed by atoms with van der Waals surface area (Å²) >= 11 is 7.21. The van der Waals surface area contributed by atoms with Gasteiger partial charge in [-0.05, 0) is 25.5 Å². The third-order valence-corrected chi connectivity index (χ3v) is 4.62. The maximum absolute atomic E-state index is 12.2. The van der Waals surface area contributed by atoms with Gasteiger partial charge in [0.05, 0.1) is 12.8 Å². The number of nitrogens with zero attached hydrogens (tertiary/aromatic N) is 1. The highest BCUT2D eigenvalue weighted by atomic mass is 35.5. The topological polar surface area (TPSA) is 68.3 Å². The molecule has 1 heterocycles. The van der Waals surface area contributed by atoms with Crippen LogP contribution in [0.5, 0.6) is 0 Å². The molecule has 0 radical (unpaired) electrons. The largest absolute Gasteiger partial charge is 0.469 e. The number of halogens is 1. The number of esters is 1. The third kappa shape index (κ3) is 4.77. The van der Waals surface area contributed by atoms with Crippen LogP contribution < -0.4 is 5.32 Å². The van der Waals surface area contributed by atoms with Crippen molar-refractivity contribution >= 4 is 34.8 Å². The smallest absolute Gasteiger partial charge is 0.305 e. The minimum atomic E-state index is -0.279. The van der Waals surface area contributed by atoms with E-state index in [1.54, 1.807) is 19.1 Å². The fourth-order valence-corrected chi connectivity index (χ4v) is 3.05. The number of benzene rings is 1. The fraction of sp³-hybridized carbons (Fsp3) is 0.312. The molecule has 0 spiro atoms. The molecule has 122 valence electrons. The van der Waals surface area contributed by atoms with Crippen molar-refractivity contribution in [1.29, 1.82) is 0 Å². The van der Waals surface area contributed by atoms with Gasteiger partial charge in [-0.25, -0.2) is 4.98 Å². The van der Waals surface area contributed by atoms with E-state index in [4.69, 9.17) is 11.6 Å². The van der Waals surface area contributed by atoms with Gasteiger partial charge in [0.25, 0.3) is 5.91 Å². The summed E-state index contributed by atoms with van der Waals surface area (Å²) in [5.74, 6) is -0.455. The molecule has 0 bridgehead atoms. The van der Waals surface area contributed by atoms with Gasteiger partial charge in [0.15, 0.2) is 0 Å². The Balaban J connectivity index is 1.98. The number of ether oxygens (including phenoxy) is 1. The first-order valence-corrected chi connectivity index (χ1v) is 8.29. The van der Waals surface area contributed by atoms with Crippen LogP contribution in [-0.2, 0) is 9.53 Å². The molecule has 5 nitrogen and oxygen atoms in total. The Labute approximate surface area is 143 Å². The van der Waals surface area contributed by atoms with Crippen LogP contribution in [0.3, 0.4) is 0 Å². The summed E-state index contributed by atoms with van der Waals surface area (Å²) in [6.45, 7) is 2.22. The van der Waals surface area contributed by atoms with Crippen LogP contribution in [0.15, 0.2) is 24.3 Å². The van der Waals surface area contributed by atoms with Gasteiger partial charge in [-0.3, -0.25) is 9.59 Å².